The fourth-order valence-electron chi connectivity index (χ4n) is 3.46. The number of rotatable bonds is 14. The van der Waals surface area contributed by atoms with E-state index in [1.807, 2.05) is 0 Å². The molecule has 0 bridgehead atoms. The highest BCUT2D eigenvalue weighted by Gasteiger charge is 2.52. The Hall–Kier alpha value is -3.09. The summed E-state index contributed by atoms with van der Waals surface area (Å²) in [5.74, 6) is -5.41. The molecule has 1 saturated heterocycles. The number of hydrogen-bond donors (Lipinski definition) is 3. The molecule has 1 heterocycles. The first-order valence-corrected chi connectivity index (χ1v) is 14.4. The van der Waals surface area contributed by atoms with Crippen molar-refractivity contribution in [1.82, 2.24) is 10.6 Å². The van der Waals surface area contributed by atoms with Crippen LogP contribution in [0.1, 0.15) is 34.6 Å². The molecule has 1 fully saturated rings. The number of esters is 5. The zero-order valence-electron chi connectivity index (χ0n) is 23.2. The topological polar surface area (TPSA) is 219 Å². The zero-order chi connectivity index (χ0) is 31.3. The summed E-state index contributed by atoms with van der Waals surface area (Å²) in [6.45, 7) is 4.44. The number of carbonyl (C=O) groups is 7. The summed E-state index contributed by atoms with van der Waals surface area (Å²) in [7, 11) is 2.96. The average molecular weight is 627 g/mol. The normalized spacial score (nSPS) is 23.1. The molecule has 232 valence electrons. The Balaban J connectivity index is 3.23. The first kappa shape index (κ1) is 35.9. The number of aliphatic hydroxyl groups excluding tert-OH is 1. The van der Waals surface area contributed by atoms with Crippen molar-refractivity contribution in [3.05, 3.63) is 0 Å². The molecule has 7 unspecified atom stereocenters. The zero-order valence-corrected chi connectivity index (χ0v) is 24.9. The monoisotopic (exact) mass is 626 g/mol. The molecule has 3 N–H and O–H groups in total. The van der Waals surface area contributed by atoms with Gasteiger partial charge < -0.3 is 44.2 Å². The highest BCUT2D eigenvalue weighted by molar-refractivity contribution is 8.76. The van der Waals surface area contributed by atoms with Crippen LogP contribution < -0.4 is 10.6 Å². The molecule has 16 nitrogen and oxygen atoms in total. The van der Waals surface area contributed by atoms with E-state index in [1.165, 1.54) is 6.92 Å². The second-order valence-corrected chi connectivity index (χ2v) is 11.0. The van der Waals surface area contributed by atoms with Crippen LogP contribution in [-0.2, 0) is 62.0 Å². The molecule has 41 heavy (non-hydrogen) atoms. The highest BCUT2D eigenvalue weighted by Crippen LogP contribution is 2.39. The minimum atomic E-state index is -1.37. The summed E-state index contributed by atoms with van der Waals surface area (Å²) >= 11 is 0. The number of amides is 2. The van der Waals surface area contributed by atoms with Gasteiger partial charge in [-0.15, -0.1) is 0 Å². The predicted molar refractivity (Wildman–Crippen MR) is 141 cm³/mol. The lowest BCUT2D eigenvalue weighted by Crippen LogP contribution is -2.61. The molecule has 0 saturated carbocycles. The molecule has 18 heteroatoms. The van der Waals surface area contributed by atoms with Gasteiger partial charge in [-0.1, -0.05) is 21.6 Å². The van der Waals surface area contributed by atoms with Gasteiger partial charge >= 0.3 is 29.8 Å². The number of methoxy groups -OCH3 is 1. The Bertz CT molecular complexity index is 980. The molecule has 1 aliphatic heterocycles. The van der Waals surface area contributed by atoms with E-state index in [9.17, 15) is 38.7 Å². The highest BCUT2D eigenvalue weighted by atomic mass is 33.1. The van der Waals surface area contributed by atoms with E-state index in [4.69, 9.17) is 23.7 Å². The quantitative estimate of drug-likeness (QED) is 0.115. The minimum absolute atomic E-state index is 0.123. The third-order valence-electron chi connectivity index (χ3n) is 5.02. The van der Waals surface area contributed by atoms with E-state index in [0.717, 1.165) is 56.4 Å². The van der Waals surface area contributed by atoms with Gasteiger partial charge in [0.2, 0.25) is 11.8 Å². The van der Waals surface area contributed by atoms with Crippen molar-refractivity contribution >= 4 is 63.2 Å². The molecular weight excluding hydrogens is 592 g/mol. The van der Waals surface area contributed by atoms with Crippen molar-refractivity contribution in [1.29, 1.82) is 0 Å². The lowest BCUT2D eigenvalue weighted by atomic mass is 9.99. The van der Waals surface area contributed by atoms with Gasteiger partial charge in [-0.3, -0.25) is 28.8 Å². The Morgan fingerprint density at radius 1 is 0.805 bits per heavy atom. The molecule has 1 rings (SSSR count). The van der Waals surface area contributed by atoms with Crippen molar-refractivity contribution < 1.29 is 67.1 Å². The smallest absolute Gasteiger partial charge is 0.330 e. The average Bonchev–Trinajstić information content (AvgIpc) is 2.86. The van der Waals surface area contributed by atoms with Crippen molar-refractivity contribution in [2.75, 3.05) is 26.1 Å². The van der Waals surface area contributed by atoms with E-state index in [-0.39, 0.29) is 5.75 Å². The maximum atomic E-state index is 12.8. The first-order valence-electron chi connectivity index (χ1n) is 12.0. The number of carbonyl (C=O) groups excluding carboxylic acids is 7. The minimum Gasteiger partial charge on any atom is -0.467 e. The second kappa shape index (κ2) is 17.7. The van der Waals surface area contributed by atoms with Crippen molar-refractivity contribution in [3.8, 4) is 0 Å². The maximum absolute atomic E-state index is 12.8. The van der Waals surface area contributed by atoms with Gasteiger partial charge in [-0.25, -0.2) is 4.79 Å². The van der Waals surface area contributed by atoms with Crippen LogP contribution in [0.4, 0.5) is 0 Å². The Labute approximate surface area is 243 Å². The SMILES string of the molecule is COC(=O)C(CO)NC(=O)C(CSSC1OC(COC(C)=O)C(OC(C)=O)C(OC(C)=O)C1OC(C)=O)NC(C)=O. The van der Waals surface area contributed by atoms with Gasteiger partial charge in [0.05, 0.1) is 13.7 Å². The Kier molecular flexibility index (Phi) is 15.5. The molecule has 0 aromatic carbocycles. The molecule has 0 aromatic heterocycles. The largest absolute Gasteiger partial charge is 0.467 e. The van der Waals surface area contributed by atoms with E-state index < -0.39 is 96.8 Å². The third-order valence-corrected chi connectivity index (χ3v) is 7.58. The van der Waals surface area contributed by atoms with Crippen LogP contribution in [0.15, 0.2) is 0 Å². The van der Waals surface area contributed by atoms with Crippen LogP contribution in [0.5, 0.6) is 0 Å². The molecule has 0 aromatic rings. The van der Waals surface area contributed by atoms with Crippen LogP contribution in [-0.4, -0.2) is 115 Å². The van der Waals surface area contributed by atoms with E-state index >= 15 is 0 Å². The van der Waals surface area contributed by atoms with Crippen molar-refractivity contribution in [2.24, 2.45) is 0 Å². The third kappa shape index (κ3) is 12.5. The fraction of sp³-hybridized carbons (Fsp3) is 0.696. The summed E-state index contributed by atoms with van der Waals surface area (Å²) in [6.07, 6.45) is -5.17. The Morgan fingerprint density at radius 2 is 1.37 bits per heavy atom. The van der Waals surface area contributed by atoms with Crippen LogP contribution in [0.25, 0.3) is 0 Å². The number of nitrogens with one attached hydrogen (secondary N) is 2. The summed E-state index contributed by atoms with van der Waals surface area (Å²) < 4.78 is 31.6. The van der Waals surface area contributed by atoms with E-state index in [1.54, 1.807) is 0 Å². The molecule has 1 aliphatic rings. The van der Waals surface area contributed by atoms with Gasteiger partial charge in [0.15, 0.2) is 29.8 Å². The van der Waals surface area contributed by atoms with Crippen LogP contribution >= 0.6 is 21.6 Å². The molecule has 2 amide bonds. The fourth-order valence-corrected chi connectivity index (χ4v) is 6.06. The summed E-state index contributed by atoms with van der Waals surface area (Å²) in [6, 6.07) is -2.57. The molecule has 0 spiro atoms. The van der Waals surface area contributed by atoms with E-state index in [2.05, 4.69) is 15.4 Å². The molecule has 7 atom stereocenters. The van der Waals surface area contributed by atoms with Crippen LogP contribution in [0.2, 0.25) is 0 Å². The van der Waals surface area contributed by atoms with Crippen molar-refractivity contribution in [2.45, 2.75) is 76.6 Å². The summed E-state index contributed by atoms with van der Waals surface area (Å²) in [5.41, 5.74) is -1.12. The second-order valence-electron chi connectivity index (χ2n) is 8.47. The molecule has 0 radical (unpaired) electrons. The molecular formula is C23H34N2O14S2. The van der Waals surface area contributed by atoms with Gasteiger partial charge in [0, 0.05) is 40.4 Å². The van der Waals surface area contributed by atoms with E-state index in [0.29, 0.717) is 0 Å². The lowest BCUT2D eigenvalue weighted by molar-refractivity contribution is -0.237. The van der Waals surface area contributed by atoms with Crippen LogP contribution in [0, 0.1) is 0 Å². The maximum Gasteiger partial charge on any atom is 0.330 e. The first-order chi connectivity index (χ1) is 19.2. The Morgan fingerprint density at radius 3 is 1.85 bits per heavy atom. The number of hydrogen-bond acceptors (Lipinski definition) is 16. The standard InChI is InChI=1S/C23H34N2O14S2/c1-10(27)24-16(21(32)25-15(7-26)22(33)34-6)9-40-41-23-20(38-14(5)31)19(37-13(4)30)18(36-12(3)29)17(39-23)8-35-11(2)28/h15-20,23,26H,7-9H2,1-6H3,(H,24,27)(H,25,32). The summed E-state index contributed by atoms with van der Waals surface area (Å²) in [4.78, 5) is 83.4. The lowest BCUT2D eigenvalue weighted by Gasteiger charge is -2.44. The van der Waals surface area contributed by atoms with Crippen molar-refractivity contribution in [3.63, 3.8) is 0 Å². The van der Waals surface area contributed by atoms with Gasteiger partial charge in [-0.05, 0) is 0 Å². The molecule has 0 aliphatic carbocycles. The predicted octanol–water partition coefficient (Wildman–Crippen LogP) is -1.39. The van der Waals surface area contributed by atoms with Gasteiger partial charge in [0.1, 0.15) is 18.8 Å². The summed E-state index contributed by atoms with van der Waals surface area (Å²) in [5, 5.41) is 14.1. The van der Waals surface area contributed by atoms with Crippen LogP contribution in [0.3, 0.4) is 0 Å². The number of aliphatic hydroxyl groups is 1. The van der Waals surface area contributed by atoms with Gasteiger partial charge in [0.25, 0.3) is 0 Å². The van der Waals surface area contributed by atoms with Gasteiger partial charge in [-0.2, -0.15) is 0 Å². The number of ether oxygens (including phenoxy) is 6.